The van der Waals surface area contributed by atoms with Crippen LogP contribution in [-0.2, 0) is 9.53 Å². The number of nitrogens with zero attached hydrogens (tertiary/aromatic N) is 3. The number of rotatable bonds is 7. The Bertz CT molecular complexity index is 932. The zero-order valence-corrected chi connectivity index (χ0v) is 16.6. The van der Waals surface area contributed by atoms with Gasteiger partial charge in [-0.3, -0.25) is 9.36 Å². The van der Waals surface area contributed by atoms with Gasteiger partial charge in [0, 0.05) is 11.4 Å². The lowest BCUT2D eigenvalue weighted by atomic mass is 10.2. The molecule has 1 amide bonds. The van der Waals surface area contributed by atoms with Gasteiger partial charge in [-0.2, -0.15) is 4.98 Å². The van der Waals surface area contributed by atoms with Crippen LogP contribution < -0.4 is 11.0 Å². The summed E-state index contributed by atoms with van der Waals surface area (Å²) in [6, 6.07) is 1.02. The average molecular weight is 390 g/mol. The third kappa shape index (κ3) is 4.68. The van der Waals surface area contributed by atoms with Crippen LogP contribution in [0.3, 0.4) is 0 Å². The van der Waals surface area contributed by atoms with Crippen molar-refractivity contribution in [2.75, 3.05) is 11.9 Å². The Hall–Kier alpha value is -2.81. The van der Waals surface area contributed by atoms with E-state index in [1.807, 2.05) is 0 Å². The molecule has 0 aliphatic rings. The van der Waals surface area contributed by atoms with E-state index in [1.54, 1.807) is 33.8 Å². The maximum absolute atomic E-state index is 12.7. The van der Waals surface area contributed by atoms with Gasteiger partial charge in [-0.05, 0) is 33.3 Å². The summed E-state index contributed by atoms with van der Waals surface area (Å²) >= 11 is 1.03. The highest BCUT2D eigenvalue weighted by Crippen LogP contribution is 2.25. The molecular weight excluding hydrogens is 368 g/mol. The lowest BCUT2D eigenvalue weighted by molar-refractivity contribution is -0.119. The Morgan fingerprint density at radius 2 is 2.07 bits per heavy atom. The molecule has 0 radical (unpaired) electrons. The summed E-state index contributed by atoms with van der Waals surface area (Å²) in [5.41, 5.74) is 1.24. The van der Waals surface area contributed by atoms with Gasteiger partial charge in [-0.25, -0.2) is 14.6 Å². The van der Waals surface area contributed by atoms with Crippen molar-refractivity contribution in [1.82, 2.24) is 14.5 Å². The zero-order valence-electron chi connectivity index (χ0n) is 15.7. The number of hydrogen-bond donors (Lipinski definition) is 1. The van der Waals surface area contributed by atoms with Crippen molar-refractivity contribution in [2.45, 2.75) is 40.2 Å². The van der Waals surface area contributed by atoms with E-state index in [1.165, 1.54) is 10.6 Å². The fourth-order valence-electron chi connectivity index (χ4n) is 2.65. The van der Waals surface area contributed by atoms with Crippen molar-refractivity contribution in [3.8, 4) is 0 Å². The summed E-state index contributed by atoms with van der Waals surface area (Å²) < 4.78 is 6.37. The Labute approximate surface area is 160 Å². The highest BCUT2D eigenvalue weighted by molar-refractivity contribution is 7.17. The highest BCUT2D eigenvalue weighted by atomic mass is 32.1. The number of anilines is 1. The SMILES string of the molecule is C=CCOC(=O)c1sc(NC(=O)C(CC)n2c(C)cc(C)nc2=O)nc1C. The van der Waals surface area contributed by atoms with E-state index in [4.69, 9.17) is 4.74 Å². The smallest absolute Gasteiger partial charge is 0.350 e. The predicted octanol–water partition coefficient (Wildman–Crippen LogP) is 2.56. The number of hydrogen-bond acceptors (Lipinski definition) is 7. The van der Waals surface area contributed by atoms with E-state index in [9.17, 15) is 14.4 Å². The van der Waals surface area contributed by atoms with Crippen molar-refractivity contribution < 1.29 is 14.3 Å². The quantitative estimate of drug-likeness (QED) is 0.576. The first kappa shape index (κ1) is 20.5. The van der Waals surface area contributed by atoms with Crippen LogP contribution in [0, 0.1) is 20.8 Å². The number of aromatic nitrogens is 3. The standard InChI is InChI=1S/C18H22N4O4S/c1-6-8-26-16(24)14-12(5)20-17(27-14)21-15(23)13(7-2)22-11(4)9-10(3)19-18(22)25/h6,9,13H,1,7-8H2,2-5H3,(H,20,21,23). The molecule has 2 aromatic heterocycles. The first-order valence-electron chi connectivity index (χ1n) is 8.41. The van der Waals surface area contributed by atoms with Gasteiger partial charge >= 0.3 is 11.7 Å². The molecule has 0 aromatic carbocycles. The van der Waals surface area contributed by atoms with Gasteiger partial charge in [-0.1, -0.05) is 30.9 Å². The Kier molecular flexibility index (Phi) is 6.62. The summed E-state index contributed by atoms with van der Waals surface area (Å²) in [7, 11) is 0. The van der Waals surface area contributed by atoms with Gasteiger partial charge in [0.25, 0.3) is 0 Å². The highest BCUT2D eigenvalue weighted by Gasteiger charge is 2.24. The van der Waals surface area contributed by atoms with Crippen LogP contribution in [0.4, 0.5) is 5.13 Å². The molecule has 1 atom stereocenters. The summed E-state index contributed by atoms with van der Waals surface area (Å²) in [6.07, 6.45) is 1.87. The largest absolute Gasteiger partial charge is 0.457 e. The van der Waals surface area contributed by atoms with Crippen LogP contribution in [0.5, 0.6) is 0 Å². The van der Waals surface area contributed by atoms with Crippen molar-refractivity contribution in [3.05, 3.63) is 51.2 Å². The van der Waals surface area contributed by atoms with E-state index >= 15 is 0 Å². The van der Waals surface area contributed by atoms with Crippen LogP contribution >= 0.6 is 11.3 Å². The minimum Gasteiger partial charge on any atom is -0.457 e. The number of thiazole rings is 1. The van der Waals surface area contributed by atoms with Gasteiger partial charge < -0.3 is 10.1 Å². The second kappa shape index (κ2) is 8.72. The summed E-state index contributed by atoms with van der Waals surface area (Å²) in [5.74, 6) is -0.916. The molecular formula is C18H22N4O4S. The van der Waals surface area contributed by atoms with E-state index in [0.717, 1.165) is 11.3 Å². The van der Waals surface area contributed by atoms with Gasteiger partial charge in [-0.15, -0.1) is 0 Å². The van der Waals surface area contributed by atoms with Gasteiger partial charge in [0.15, 0.2) is 5.13 Å². The lowest BCUT2D eigenvalue weighted by Gasteiger charge is -2.19. The molecule has 2 heterocycles. The number of esters is 1. The molecule has 1 unspecified atom stereocenters. The number of carbonyl (C=O) groups excluding carboxylic acids is 2. The second-order valence-electron chi connectivity index (χ2n) is 5.93. The molecule has 0 fully saturated rings. The number of aryl methyl sites for hydroxylation is 3. The second-order valence-corrected chi connectivity index (χ2v) is 6.92. The predicted molar refractivity (Wildman–Crippen MR) is 103 cm³/mol. The summed E-state index contributed by atoms with van der Waals surface area (Å²) in [6.45, 7) is 10.5. The molecule has 9 heteroatoms. The maximum atomic E-state index is 12.7. The van der Waals surface area contributed by atoms with E-state index in [-0.39, 0.29) is 11.7 Å². The number of ether oxygens (including phenoxy) is 1. The fourth-order valence-corrected chi connectivity index (χ4v) is 3.52. The Morgan fingerprint density at radius 3 is 2.67 bits per heavy atom. The molecule has 0 saturated carbocycles. The van der Waals surface area contributed by atoms with Crippen molar-refractivity contribution >= 4 is 28.3 Å². The molecule has 0 bridgehead atoms. The molecule has 144 valence electrons. The van der Waals surface area contributed by atoms with E-state index < -0.39 is 23.6 Å². The topological polar surface area (TPSA) is 103 Å². The maximum Gasteiger partial charge on any atom is 0.350 e. The zero-order chi connectivity index (χ0) is 20.1. The Morgan fingerprint density at radius 1 is 1.37 bits per heavy atom. The number of nitrogens with one attached hydrogen (secondary N) is 1. The number of carbonyl (C=O) groups is 2. The van der Waals surface area contributed by atoms with Gasteiger partial charge in [0.2, 0.25) is 5.91 Å². The number of amides is 1. The first-order chi connectivity index (χ1) is 12.8. The van der Waals surface area contributed by atoms with E-state index in [2.05, 4.69) is 21.9 Å². The monoisotopic (exact) mass is 390 g/mol. The van der Waals surface area contributed by atoms with Crippen LogP contribution in [0.1, 0.15) is 46.1 Å². The third-order valence-electron chi connectivity index (χ3n) is 3.82. The fraction of sp³-hybridized carbons (Fsp3) is 0.389. The normalized spacial score (nSPS) is 11.7. The molecule has 2 rings (SSSR count). The van der Waals surface area contributed by atoms with Crippen molar-refractivity contribution in [2.24, 2.45) is 0 Å². The van der Waals surface area contributed by atoms with Gasteiger partial charge in [0.05, 0.1) is 5.69 Å². The third-order valence-corrected chi connectivity index (χ3v) is 4.87. The first-order valence-corrected chi connectivity index (χ1v) is 9.23. The van der Waals surface area contributed by atoms with Crippen molar-refractivity contribution in [1.29, 1.82) is 0 Å². The molecule has 0 aliphatic carbocycles. The van der Waals surface area contributed by atoms with Crippen molar-refractivity contribution in [3.63, 3.8) is 0 Å². The van der Waals surface area contributed by atoms with Crippen LogP contribution in [-0.4, -0.2) is 33.0 Å². The lowest BCUT2D eigenvalue weighted by Crippen LogP contribution is -2.36. The summed E-state index contributed by atoms with van der Waals surface area (Å²) in [4.78, 5) is 45.4. The Balaban J connectivity index is 2.24. The van der Waals surface area contributed by atoms with E-state index in [0.29, 0.717) is 28.4 Å². The molecule has 8 nitrogen and oxygen atoms in total. The average Bonchev–Trinajstić information content (AvgIpc) is 2.95. The minimum atomic E-state index is -0.731. The van der Waals surface area contributed by atoms with Gasteiger partial charge in [0.1, 0.15) is 17.5 Å². The minimum absolute atomic E-state index is 0.0956. The van der Waals surface area contributed by atoms with Crippen LogP contribution in [0.25, 0.3) is 0 Å². The summed E-state index contributed by atoms with van der Waals surface area (Å²) in [5, 5.41) is 2.96. The van der Waals surface area contributed by atoms with Crippen LogP contribution in [0.2, 0.25) is 0 Å². The molecule has 1 N–H and O–H groups in total. The molecule has 2 aromatic rings. The molecule has 0 spiro atoms. The molecule has 0 aliphatic heterocycles. The molecule has 27 heavy (non-hydrogen) atoms. The van der Waals surface area contributed by atoms with Crippen LogP contribution in [0.15, 0.2) is 23.5 Å². The molecule has 0 saturated heterocycles.